The molecule has 0 radical (unpaired) electrons. The maximum atomic E-state index is 12.5. The number of carbonyl (C=O) groups excluding carboxylic acids is 1. The van der Waals surface area contributed by atoms with Crippen molar-refractivity contribution in [1.82, 2.24) is 30.2 Å². The fourth-order valence-corrected chi connectivity index (χ4v) is 2.90. The average molecular weight is 384 g/mol. The molecule has 1 aliphatic heterocycles. The minimum absolute atomic E-state index is 0.0354. The van der Waals surface area contributed by atoms with E-state index in [1.807, 2.05) is 20.8 Å². The average Bonchev–Trinajstić information content (AvgIpc) is 2.68. The van der Waals surface area contributed by atoms with Gasteiger partial charge in [0.1, 0.15) is 11.6 Å². The van der Waals surface area contributed by atoms with E-state index in [9.17, 15) is 4.79 Å². The molecule has 1 fully saturated rings. The molecule has 2 aromatic rings. The normalized spacial score (nSPS) is 15.0. The highest BCUT2D eigenvalue weighted by Crippen LogP contribution is 2.19. The van der Waals surface area contributed by atoms with E-state index in [1.54, 1.807) is 18.3 Å². The van der Waals surface area contributed by atoms with Gasteiger partial charge in [-0.1, -0.05) is 6.92 Å². The second kappa shape index (κ2) is 8.92. The van der Waals surface area contributed by atoms with Crippen LogP contribution < -0.4 is 15.5 Å². The fraction of sp³-hybridized carbons (Fsp3) is 0.526. The predicted molar refractivity (Wildman–Crippen MR) is 109 cm³/mol. The molecule has 0 aromatic carbocycles. The molecule has 2 N–H and O–H groups in total. The Hall–Kier alpha value is -2.81. The first-order chi connectivity index (χ1) is 13.5. The Balaban J connectivity index is 1.86. The largest absolute Gasteiger partial charge is 0.350 e. The molecule has 3 heterocycles. The molecule has 0 atom stereocenters. The highest BCUT2D eigenvalue weighted by atomic mass is 16.1. The first-order valence-corrected chi connectivity index (χ1v) is 9.67. The summed E-state index contributed by atoms with van der Waals surface area (Å²) in [6.07, 6.45) is 2.33. The van der Waals surface area contributed by atoms with Crippen LogP contribution >= 0.6 is 0 Å². The molecular weight excluding hydrogens is 356 g/mol. The van der Waals surface area contributed by atoms with Crippen molar-refractivity contribution >= 4 is 23.6 Å². The van der Waals surface area contributed by atoms with Gasteiger partial charge in [0, 0.05) is 44.8 Å². The summed E-state index contributed by atoms with van der Waals surface area (Å²) in [6, 6.07) is 3.50. The van der Waals surface area contributed by atoms with E-state index in [2.05, 4.69) is 47.4 Å². The van der Waals surface area contributed by atoms with Gasteiger partial charge in [0.05, 0.1) is 5.56 Å². The Morgan fingerprint density at radius 3 is 2.61 bits per heavy atom. The van der Waals surface area contributed by atoms with Gasteiger partial charge < -0.3 is 20.4 Å². The van der Waals surface area contributed by atoms with Crippen LogP contribution in [0.25, 0.3) is 0 Å². The number of piperazine rings is 1. The Labute approximate surface area is 165 Å². The third-order valence-corrected chi connectivity index (χ3v) is 4.47. The summed E-state index contributed by atoms with van der Waals surface area (Å²) in [4.78, 5) is 34.9. The topological polar surface area (TPSA) is 99.2 Å². The smallest absolute Gasteiger partial charge is 0.255 e. The summed E-state index contributed by atoms with van der Waals surface area (Å²) in [5.74, 6) is 2.01. The molecule has 9 heteroatoms. The van der Waals surface area contributed by atoms with Crippen molar-refractivity contribution in [2.45, 2.75) is 33.2 Å². The van der Waals surface area contributed by atoms with Crippen molar-refractivity contribution < 1.29 is 4.79 Å². The predicted octanol–water partition coefficient (Wildman–Crippen LogP) is 1.46. The number of hydrogen-bond donors (Lipinski definition) is 2. The van der Waals surface area contributed by atoms with Gasteiger partial charge in [0.15, 0.2) is 0 Å². The van der Waals surface area contributed by atoms with Crippen LogP contribution in [0.2, 0.25) is 0 Å². The van der Waals surface area contributed by atoms with E-state index in [1.165, 1.54) is 0 Å². The maximum Gasteiger partial charge on any atom is 0.255 e. The zero-order valence-corrected chi connectivity index (χ0v) is 16.9. The zero-order chi connectivity index (χ0) is 20.1. The van der Waals surface area contributed by atoms with Crippen LogP contribution in [0.1, 0.15) is 37.0 Å². The molecular formula is C19H28N8O. The van der Waals surface area contributed by atoms with E-state index < -0.39 is 0 Å². The van der Waals surface area contributed by atoms with E-state index in [4.69, 9.17) is 0 Å². The van der Waals surface area contributed by atoms with Gasteiger partial charge in [-0.3, -0.25) is 4.79 Å². The minimum Gasteiger partial charge on any atom is -0.350 e. The van der Waals surface area contributed by atoms with Gasteiger partial charge >= 0.3 is 0 Å². The van der Waals surface area contributed by atoms with E-state index in [-0.39, 0.29) is 11.9 Å². The van der Waals surface area contributed by atoms with Crippen LogP contribution in [-0.4, -0.2) is 70.0 Å². The number of aryl methyl sites for hydroxylation is 1. The number of pyridine rings is 1. The van der Waals surface area contributed by atoms with Crippen LogP contribution in [0.4, 0.5) is 17.7 Å². The van der Waals surface area contributed by atoms with Gasteiger partial charge in [0.25, 0.3) is 5.91 Å². The Morgan fingerprint density at radius 1 is 1.18 bits per heavy atom. The van der Waals surface area contributed by atoms with Gasteiger partial charge in [-0.25, -0.2) is 4.98 Å². The third-order valence-electron chi connectivity index (χ3n) is 4.47. The van der Waals surface area contributed by atoms with Crippen molar-refractivity contribution in [2.75, 3.05) is 43.4 Å². The van der Waals surface area contributed by atoms with Crippen LogP contribution in [0.3, 0.4) is 0 Å². The van der Waals surface area contributed by atoms with Crippen LogP contribution in [0.15, 0.2) is 18.3 Å². The molecule has 1 saturated heterocycles. The minimum atomic E-state index is -0.185. The molecule has 0 unspecified atom stereocenters. The number of likely N-dealkylation sites (N-methyl/N-ethyl adjacent to an activating group) is 1. The van der Waals surface area contributed by atoms with Crippen molar-refractivity contribution in [3.8, 4) is 0 Å². The summed E-state index contributed by atoms with van der Waals surface area (Å²) >= 11 is 0. The standard InChI is InChI=1S/C19H28N8O/c1-5-15-22-18(25-19(23-15)27-11-9-26(4)10-12-27)24-16-14(7-6-8-20-16)17(28)21-13(2)3/h6-8,13H,5,9-12H2,1-4H3,(H,21,28)(H,20,22,23,24,25). The van der Waals surface area contributed by atoms with E-state index >= 15 is 0 Å². The second-order valence-corrected chi connectivity index (χ2v) is 7.17. The summed E-state index contributed by atoms with van der Waals surface area (Å²) in [6.45, 7) is 9.52. The van der Waals surface area contributed by atoms with Gasteiger partial charge in [-0.05, 0) is 33.0 Å². The number of nitrogens with zero attached hydrogens (tertiary/aromatic N) is 6. The number of carbonyl (C=O) groups is 1. The van der Waals surface area contributed by atoms with E-state index in [0.29, 0.717) is 35.5 Å². The van der Waals surface area contributed by atoms with Gasteiger partial charge in [0.2, 0.25) is 11.9 Å². The van der Waals surface area contributed by atoms with Crippen LogP contribution in [0.5, 0.6) is 0 Å². The van der Waals surface area contributed by atoms with Gasteiger partial charge in [-0.15, -0.1) is 0 Å². The summed E-state index contributed by atoms with van der Waals surface area (Å²) in [5.41, 5.74) is 0.454. The fourth-order valence-electron chi connectivity index (χ4n) is 2.90. The molecule has 0 saturated carbocycles. The first-order valence-electron chi connectivity index (χ1n) is 9.67. The van der Waals surface area contributed by atoms with E-state index in [0.717, 1.165) is 26.2 Å². The van der Waals surface area contributed by atoms with Crippen LogP contribution in [-0.2, 0) is 6.42 Å². The number of nitrogens with one attached hydrogen (secondary N) is 2. The molecule has 150 valence electrons. The molecule has 3 rings (SSSR count). The molecule has 0 spiro atoms. The number of rotatable bonds is 6. The maximum absolute atomic E-state index is 12.5. The Morgan fingerprint density at radius 2 is 1.93 bits per heavy atom. The highest BCUT2D eigenvalue weighted by molar-refractivity contribution is 5.99. The number of amides is 1. The van der Waals surface area contributed by atoms with Crippen molar-refractivity contribution in [1.29, 1.82) is 0 Å². The molecule has 28 heavy (non-hydrogen) atoms. The number of aromatic nitrogens is 4. The molecule has 1 amide bonds. The lowest BCUT2D eigenvalue weighted by atomic mass is 10.2. The first kappa shape index (κ1) is 19.9. The lowest BCUT2D eigenvalue weighted by Crippen LogP contribution is -2.45. The summed E-state index contributed by atoms with van der Waals surface area (Å²) < 4.78 is 0. The van der Waals surface area contributed by atoms with Crippen molar-refractivity contribution in [3.63, 3.8) is 0 Å². The highest BCUT2D eigenvalue weighted by Gasteiger charge is 2.19. The Bertz CT molecular complexity index is 817. The quantitative estimate of drug-likeness (QED) is 0.772. The summed E-state index contributed by atoms with van der Waals surface area (Å²) in [5, 5.41) is 6.01. The number of hydrogen-bond acceptors (Lipinski definition) is 8. The lowest BCUT2D eigenvalue weighted by molar-refractivity contribution is 0.0943. The lowest BCUT2D eigenvalue weighted by Gasteiger charge is -2.32. The second-order valence-electron chi connectivity index (χ2n) is 7.17. The Kier molecular flexibility index (Phi) is 6.35. The van der Waals surface area contributed by atoms with Crippen LogP contribution in [0, 0.1) is 0 Å². The monoisotopic (exact) mass is 384 g/mol. The zero-order valence-electron chi connectivity index (χ0n) is 16.9. The summed E-state index contributed by atoms with van der Waals surface area (Å²) in [7, 11) is 2.11. The molecule has 0 bridgehead atoms. The molecule has 1 aliphatic rings. The van der Waals surface area contributed by atoms with Crippen molar-refractivity contribution in [3.05, 3.63) is 29.7 Å². The molecule has 2 aromatic heterocycles. The SMILES string of the molecule is CCc1nc(Nc2ncccc2C(=O)NC(C)C)nc(N2CCN(C)CC2)n1. The third kappa shape index (κ3) is 4.92. The number of anilines is 3. The van der Waals surface area contributed by atoms with Crippen molar-refractivity contribution in [2.24, 2.45) is 0 Å². The van der Waals surface area contributed by atoms with Gasteiger partial charge in [-0.2, -0.15) is 15.0 Å². The molecule has 9 nitrogen and oxygen atoms in total. The molecule has 0 aliphatic carbocycles.